The van der Waals surface area contributed by atoms with E-state index in [4.69, 9.17) is 15.7 Å². The normalized spacial score (nSPS) is 15.4. The fourth-order valence-corrected chi connectivity index (χ4v) is 1.85. The van der Waals surface area contributed by atoms with E-state index in [9.17, 15) is 0 Å². The Hall–Kier alpha value is -1.79. The van der Waals surface area contributed by atoms with Crippen LogP contribution in [0.4, 0.5) is 5.69 Å². The molecule has 0 saturated carbocycles. The third kappa shape index (κ3) is 1.93. The van der Waals surface area contributed by atoms with Crippen LogP contribution in [0.3, 0.4) is 0 Å². The van der Waals surface area contributed by atoms with E-state index in [1.54, 1.807) is 6.07 Å². The van der Waals surface area contributed by atoms with E-state index in [1.807, 2.05) is 19.1 Å². The number of hydrogen-bond acceptors (Lipinski definition) is 3. The second kappa shape index (κ2) is 4.38. The first-order valence-corrected chi connectivity index (χ1v) is 5.29. The fraction of sp³-hybridized carbons (Fsp3) is 0.308. The minimum absolute atomic E-state index is 0.629. The fourth-order valence-electron chi connectivity index (χ4n) is 1.85. The van der Waals surface area contributed by atoms with Crippen molar-refractivity contribution in [1.82, 2.24) is 0 Å². The van der Waals surface area contributed by atoms with Gasteiger partial charge in [-0.25, -0.2) is 0 Å². The van der Waals surface area contributed by atoms with Gasteiger partial charge >= 0.3 is 0 Å². The molecule has 1 heterocycles. The quantitative estimate of drug-likeness (QED) is 0.729. The third-order valence-electron chi connectivity index (χ3n) is 2.84. The van der Waals surface area contributed by atoms with Crippen LogP contribution in [0.5, 0.6) is 0 Å². The number of nitrogen functional groups attached to an aromatic ring is 1. The topological polar surface area (TPSA) is 59.0 Å². The predicted molar refractivity (Wildman–Crippen MR) is 63.7 cm³/mol. The van der Waals surface area contributed by atoms with Gasteiger partial charge in [0, 0.05) is 5.69 Å². The van der Waals surface area contributed by atoms with E-state index >= 15 is 0 Å². The molecule has 0 saturated heterocycles. The first kappa shape index (κ1) is 10.7. The zero-order valence-electron chi connectivity index (χ0n) is 9.29. The highest BCUT2D eigenvalue weighted by molar-refractivity contribution is 5.74. The summed E-state index contributed by atoms with van der Waals surface area (Å²) in [6.07, 6.45) is 2.90. The lowest BCUT2D eigenvalue weighted by molar-refractivity contribution is 0.161. The molecule has 2 rings (SSSR count). The molecule has 0 unspecified atom stereocenters. The summed E-state index contributed by atoms with van der Waals surface area (Å²) in [5.74, 6) is 0. The second-order valence-electron chi connectivity index (χ2n) is 3.92. The molecule has 0 aromatic heterocycles. The molecule has 1 aliphatic heterocycles. The number of rotatable bonds is 1. The number of nitrogens with two attached hydrogens (primary N) is 1. The van der Waals surface area contributed by atoms with Crippen LogP contribution < -0.4 is 5.73 Å². The van der Waals surface area contributed by atoms with Crippen LogP contribution in [0.15, 0.2) is 18.2 Å². The Bertz CT molecular complexity index is 483. The predicted octanol–water partition coefficient (Wildman–Crippen LogP) is 2.25. The number of aryl methyl sites for hydroxylation is 1. The SMILES string of the molecule is Cc1cc(C2=CCOCC2)c(C#N)cc1N. The molecule has 0 amide bonds. The van der Waals surface area contributed by atoms with Gasteiger partial charge < -0.3 is 10.5 Å². The molecule has 16 heavy (non-hydrogen) atoms. The summed E-state index contributed by atoms with van der Waals surface area (Å²) in [6.45, 7) is 3.31. The number of nitrogens with zero attached hydrogens (tertiary/aromatic N) is 1. The molecular formula is C13H14N2O. The molecule has 0 spiro atoms. The third-order valence-corrected chi connectivity index (χ3v) is 2.84. The largest absolute Gasteiger partial charge is 0.398 e. The summed E-state index contributed by atoms with van der Waals surface area (Å²) in [6, 6.07) is 5.94. The van der Waals surface area contributed by atoms with Crippen LogP contribution in [-0.4, -0.2) is 13.2 Å². The summed E-state index contributed by atoms with van der Waals surface area (Å²) in [5, 5.41) is 9.10. The van der Waals surface area contributed by atoms with Crippen molar-refractivity contribution in [3.05, 3.63) is 34.9 Å². The van der Waals surface area contributed by atoms with Gasteiger partial charge in [0.05, 0.1) is 24.8 Å². The van der Waals surface area contributed by atoms with Crippen LogP contribution in [0.1, 0.15) is 23.1 Å². The average Bonchev–Trinajstić information content (AvgIpc) is 2.33. The summed E-state index contributed by atoms with van der Waals surface area (Å²) in [5.41, 5.74) is 10.3. The smallest absolute Gasteiger partial charge is 0.0998 e. The van der Waals surface area contributed by atoms with E-state index in [-0.39, 0.29) is 0 Å². The van der Waals surface area contributed by atoms with E-state index in [0.717, 1.165) is 24.2 Å². The molecule has 2 N–H and O–H groups in total. The van der Waals surface area contributed by atoms with Gasteiger partial charge in [-0.05, 0) is 42.2 Å². The Morgan fingerprint density at radius 2 is 2.25 bits per heavy atom. The van der Waals surface area contributed by atoms with Gasteiger partial charge in [-0.1, -0.05) is 6.08 Å². The van der Waals surface area contributed by atoms with Crippen molar-refractivity contribution in [3.63, 3.8) is 0 Å². The Morgan fingerprint density at radius 3 is 2.88 bits per heavy atom. The molecule has 82 valence electrons. The van der Waals surface area contributed by atoms with Crippen molar-refractivity contribution in [3.8, 4) is 6.07 Å². The Labute approximate surface area is 95.1 Å². The van der Waals surface area contributed by atoms with E-state index in [2.05, 4.69) is 6.07 Å². The van der Waals surface area contributed by atoms with Crippen molar-refractivity contribution in [1.29, 1.82) is 5.26 Å². The first-order valence-electron chi connectivity index (χ1n) is 5.29. The van der Waals surface area contributed by atoms with Crippen molar-refractivity contribution in [2.24, 2.45) is 0 Å². The van der Waals surface area contributed by atoms with Crippen LogP contribution in [0.25, 0.3) is 5.57 Å². The minimum Gasteiger partial charge on any atom is -0.398 e. The maximum atomic E-state index is 9.10. The van der Waals surface area contributed by atoms with Gasteiger partial charge in [-0.2, -0.15) is 5.26 Å². The van der Waals surface area contributed by atoms with Crippen LogP contribution in [-0.2, 0) is 4.74 Å². The summed E-state index contributed by atoms with van der Waals surface area (Å²) < 4.78 is 5.26. The zero-order chi connectivity index (χ0) is 11.5. The maximum absolute atomic E-state index is 9.10. The highest BCUT2D eigenvalue weighted by atomic mass is 16.5. The van der Waals surface area contributed by atoms with E-state index < -0.39 is 0 Å². The van der Waals surface area contributed by atoms with Gasteiger partial charge in [0.1, 0.15) is 0 Å². The summed E-state index contributed by atoms with van der Waals surface area (Å²) >= 11 is 0. The number of hydrogen-bond donors (Lipinski definition) is 1. The molecule has 0 bridgehead atoms. The monoisotopic (exact) mass is 214 g/mol. The molecule has 3 heteroatoms. The highest BCUT2D eigenvalue weighted by Crippen LogP contribution is 2.27. The lowest BCUT2D eigenvalue weighted by atomic mass is 9.94. The Kier molecular flexibility index (Phi) is 2.93. The molecule has 0 atom stereocenters. The molecule has 3 nitrogen and oxygen atoms in total. The molecule has 1 aromatic carbocycles. The molecular weight excluding hydrogens is 200 g/mol. The zero-order valence-corrected chi connectivity index (χ0v) is 9.29. The van der Waals surface area contributed by atoms with Crippen molar-refractivity contribution < 1.29 is 4.74 Å². The lowest BCUT2D eigenvalue weighted by Gasteiger charge is -2.16. The maximum Gasteiger partial charge on any atom is 0.0998 e. The summed E-state index contributed by atoms with van der Waals surface area (Å²) in [7, 11) is 0. The number of benzene rings is 1. The lowest BCUT2D eigenvalue weighted by Crippen LogP contribution is -2.05. The van der Waals surface area contributed by atoms with Crippen LogP contribution in [0.2, 0.25) is 0 Å². The number of anilines is 1. The molecule has 1 aromatic rings. The van der Waals surface area contributed by atoms with Crippen LogP contribution >= 0.6 is 0 Å². The van der Waals surface area contributed by atoms with Gasteiger partial charge in [-0.15, -0.1) is 0 Å². The van der Waals surface area contributed by atoms with Crippen molar-refractivity contribution >= 4 is 11.3 Å². The molecule has 0 aliphatic carbocycles. The second-order valence-corrected chi connectivity index (χ2v) is 3.92. The number of ether oxygens (including phenoxy) is 1. The van der Waals surface area contributed by atoms with Gasteiger partial charge in [0.15, 0.2) is 0 Å². The highest BCUT2D eigenvalue weighted by Gasteiger charge is 2.12. The average molecular weight is 214 g/mol. The number of nitriles is 1. The molecule has 1 aliphatic rings. The van der Waals surface area contributed by atoms with Crippen LogP contribution in [0, 0.1) is 18.3 Å². The molecule has 0 fully saturated rings. The standard InChI is InChI=1S/C13H14N2O/c1-9-6-12(10-2-4-16-5-3-10)11(8-14)7-13(9)15/h2,6-7H,3-5,15H2,1H3. The van der Waals surface area contributed by atoms with E-state index in [0.29, 0.717) is 17.9 Å². The molecule has 0 radical (unpaired) electrons. The Balaban J connectivity index is 2.51. The van der Waals surface area contributed by atoms with Crippen molar-refractivity contribution in [2.45, 2.75) is 13.3 Å². The summed E-state index contributed by atoms with van der Waals surface area (Å²) in [4.78, 5) is 0. The van der Waals surface area contributed by atoms with Crippen molar-refractivity contribution in [2.75, 3.05) is 18.9 Å². The van der Waals surface area contributed by atoms with Gasteiger partial charge in [0.2, 0.25) is 0 Å². The van der Waals surface area contributed by atoms with Gasteiger partial charge in [-0.3, -0.25) is 0 Å². The first-order chi connectivity index (χ1) is 7.72. The Morgan fingerprint density at radius 1 is 1.44 bits per heavy atom. The van der Waals surface area contributed by atoms with Gasteiger partial charge in [0.25, 0.3) is 0 Å². The van der Waals surface area contributed by atoms with E-state index in [1.165, 1.54) is 5.57 Å². The minimum atomic E-state index is 0.629.